The van der Waals surface area contributed by atoms with Crippen LogP contribution in [0.1, 0.15) is 47.5 Å². The van der Waals surface area contributed by atoms with Gasteiger partial charge in [0.2, 0.25) is 0 Å². The van der Waals surface area contributed by atoms with Gasteiger partial charge in [-0.1, -0.05) is 19.4 Å². The SMILES string of the molecule is CCCCNC(=O)c1cccc(-n2c(=O)[nH]c3c(C(N)=O)nc(-c4ccc(OCC)cc4)nc32)c1. The molecule has 2 heterocycles. The number of rotatable bonds is 9. The molecule has 2 aromatic heterocycles. The summed E-state index contributed by atoms with van der Waals surface area (Å²) < 4.78 is 6.77. The summed E-state index contributed by atoms with van der Waals surface area (Å²) in [6, 6.07) is 13.7. The highest BCUT2D eigenvalue weighted by atomic mass is 16.5. The lowest BCUT2D eigenvalue weighted by Crippen LogP contribution is -2.24. The summed E-state index contributed by atoms with van der Waals surface area (Å²) >= 11 is 0. The Morgan fingerprint density at radius 1 is 1.11 bits per heavy atom. The highest BCUT2D eigenvalue weighted by Gasteiger charge is 2.21. The summed E-state index contributed by atoms with van der Waals surface area (Å²) in [7, 11) is 0. The Morgan fingerprint density at radius 3 is 2.57 bits per heavy atom. The van der Waals surface area contributed by atoms with Crippen molar-refractivity contribution in [2.45, 2.75) is 26.7 Å². The molecular weight excluding hydrogens is 448 g/mol. The molecule has 180 valence electrons. The van der Waals surface area contributed by atoms with Crippen LogP contribution in [0.2, 0.25) is 0 Å². The Hall–Kier alpha value is -4.47. The number of nitrogens with one attached hydrogen (secondary N) is 2. The second-order valence-electron chi connectivity index (χ2n) is 7.84. The first kappa shape index (κ1) is 23.7. The summed E-state index contributed by atoms with van der Waals surface area (Å²) in [6.07, 6.45) is 1.83. The van der Waals surface area contributed by atoms with Crippen LogP contribution in [0.3, 0.4) is 0 Å². The summed E-state index contributed by atoms with van der Waals surface area (Å²) in [6.45, 7) is 5.02. The van der Waals surface area contributed by atoms with Crippen LogP contribution < -0.4 is 21.5 Å². The number of carbonyl (C=O) groups is 2. The number of benzene rings is 2. The Labute approximate surface area is 201 Å². The molecule has 10 heteroatoms. The number of imidazole rings is 1. The van der Waals surface area contributed by atoms with Gasteiger partial charge in [-0.15, -0.1) is 0 Å². The number of hydrogen-bond donors (Lipinski definition) is 3. The number of aromatic amines is 1. The normalized spacial score (nSPS) is 10.9. The second kappa shape index (κ2) is 10.2. The van der Waals surface area contributed by atoms with Crippen LogP contribution in [-0.2, 0) is 0 Å². The average molecular weight is 475 g/mol. The van der Waals surface area contributed by atoms with Gasteiger partial charge >= 0.3 is 5.69 Å². The summed E-state index contributed by atoms with van der Waals surface area (Å²) in [4.78, 5) is 49.2. The standard InChI is InChI=1S/C25H26N6O4/c1-3-5-13-27-24(33)16-7-6-8-17(14-16)31-23-20(29-25(31)34)19(21(26)32)28-22(30-23)15-9-11-18(12-10-15)35-4-2/h6-12,14H,3-5,13H2,1-2H3,(H2,26,32)(H,27,33)(H,29,34). The zero-order chi connectivity index (χ0) is 24.9. The quantitative estimate of drug-likeness (QED) is 0.318. The van der Waals surface area contributed by atoms with Gasteiger partial charge in [-0.2, -0.15) is 0 Å². The van der Waals surface area contributed by atoms with Crippen molar-refractivity contribution < 1.29 is 14.3 Å². The maximum absolute atomic E-state index is 12.9. The van der Waals surface area contributed by atoms with E-state index in [2.05, 4.69) is 20.3 Å². The molecule has 2 aromatic carbocycles. The smallest absolute Gasteiger partial charge is 0.332 e. The minimum Gasteiger partial charge on any atom is -0.494 e. The molecule has 4 aromatic rings. The number of nitrogens with zero attached hydrogens (tertiary/aromatic N) is 3. The van der Waals surface area contributed by atoms with Gasteiger partial charge in [0.15, 0.2) is 17.2 Å². The molecule has 0 unspecified atom stereocenters. The predicted octanol–water partition coefficient (Wildman–Crippen LogP) is 2.80. The van der Waals surface area contributed by atoms with E-state index in [0.717, 1.165) is 12.8 Å². The predicted molar refractivity (Wildman–Crippen MR) is 132 cm³/mol. The summed E-state index contributed by atoms with van der Waals surface area (Å²) in [5.74, 6) is -0.145. The minimum absolute atomic E-state index is 0.108. The van der Waals surface area contributed by atoms with Crippen molar-refractivity contribution in [2.75, 3.05) is 13.2 Å². The second-order valence-corrected chi connectivity index (χ2v) is 7.84. The zero-order valence-electron chi connectivity index (χ0n) is 19.5. The zero-order valence-corrected chi connectivity index (χ0v) is 19.5. The van der Waals surface area contributed by atoms with Crippen molar-refractivity contribution in [3.05, 3.63) is 70.3 Å². The highest BCUT2D eigenvalue weighted by Crippen LogP contribution is 2.24. The molecule has 35 heavy (non-hydrogen) atoms. The van der Waals surface area contributed by atoms with Gasteiger partial charge in [0.05, 0.1) is 12.3 Å². The highest BCUT2D eigenvalue weighted by molar-refractivity contribution is 6.02. The fourth-order valence-electron chi connectivity index (χ4n) is 3.67. The van der Waals surface area contributed by atoms with Gasteiger partial charge in [-0.25, -0.2) is 19.3 Å². The molecule has 0 spiro atoms. The topological polar surface area (TPSA) is 145 Å². The number of ether oxygens (including phenoxy) is 1. The number of carbonyl (C=O) groups excluding carboxylic acids is 2. The third-order valence-corrected chi connectivity index (χ3v) is 5.38. The van der Waals surface area contributed by atoms with E-state index in [9.17, 15) is 14.4 Å². The van der Waals surface area contributed by atoms with Gasteiger partial charge in [0.25, 0.3) is 11.8 Å². The van der Waals surface area contributed by atoms with Gasteiger partial charge in [-0.05, 0) is 55.8 Å². The van der Waals surface area contributed by atoms with Crippen molar-refractivity contribution in [2.24, 2.45) is 5.73 Å². The third kappa shape index (κ3) is 4.91. The summed E-state index contributed by atoms with van der Waals surface area (Å²) in [5, 5.41) is 2.86. The number of hydrogen-bond acceptors (Lipinski definition) is 6. The van der Waals surface area contributed by atoms with Crippen LogP contribution in [-0.4, -0.2) is 44.5 Å². The lowest BCUT2D eigenvalue weighted by Gasteiger charge is -2.09. The van der Waals surface area contributed by atoms with E-state index in [4.69, 9.17) is 10.5 Å². The molecule has 4 rings (SSSR count). The van der Waals surface area contributed by atoms with Crippen LogP contribution in [0.25, 0.3) is 28.2 Å². The number of fused-ring (bicyclic) bond motifs is 1. The van der Waals surface area contributed by atoms with E-state index < -0.39 is 11.6 Å². The van der Waals surface area contributed by atoms with Crippen LogP contribution in [0.4, 0.5) is 0 Å². The Bertz CT molecular complexity index is 1440. The first-order valence-electron chi connectivity index (χ1n) is 11.4. The van der Waals surface area contributed by atoms with Gasteiger partial charge in [0.1, 0.15) is 11.3 Å². The van der Waals surface area contributed by atoms with E-state index in [-0.39, 0.29) is 28.6 Å². The molecule has 0 aliphatic carbocycles. The molecule has 0 aliphatic rings. The van der Waals surface area contributed by atoms with Crippen molar-refractivity contribution in [3.8, 4) is 22.8 Å². The fraction of sp³-hybridized carbons (Fsp3) is 0.240. The molecular formula is C25H26N6O4. The number of aromatic nitrogens is 4. The first-order valence-corrected chi connectivity index (χ1v) is 11.4. The lowest BCUT2D eigenvalue weighted by molar-refractivity contribution is 0.0951. The minimum atomic E-state index is -0.804. The van der Waals surface area contributed by atoms with E-state index in [1.54, 1.807) is 48.5 Å². The van der Waals surface area contributed by atoms with Crippen LogP contribution >= 0.6 is 0 Å². The van der Waals surface area contributed by atoms with E-state index in [1.165, 1.54) is 4.57 Å². The molecule has 0 atom stereocenters. The van der Waals surface area contributed by atoms with Crippen LogP contribution in [0.15, 0.2) is 53.3 Å². The van der Waals surface area contributed by atoms with Gasteiger partial charge in [0, 0.05) is 17.7 Å². The number of unbranched alkanes of at least 4 members (excludes halogenated alkanes) is 1. The molecule has 2 amide bonds. The van der Waals surface area contributed by atoms with Crippen molar-refractivity contribution in [1.29, 1.82) is 0 Å². The number of amides is 2. The lowest BCUT2D eigenvalue weighted by atomic mass is 10.1. The first-order chi connectivity index (χ1) is 16.9. The molecule has 0 aliphatic heterocycles. The number of H-pyrrole nitrogens is 1. The molecule has 4 N–H and O–H groups in total. The van der Waals surface area contributed by atoms with E-state index in [1.807, 2.05) is 13.8 Å². The molecule has 0 radical (unpaired) electrons. The van der Waals surface area contributed by atoms with Crippen LogP contribution in [0, 0.1) is 0 Å². The van der Waals surface area contributed by atoms with E-state index >= 15 is 0 Å². The molecule has 10 nitrogen and oxygen atoms in total. The van der Waals surface area contributed by atoms with Gasteiger partial charge < -0.3 is 20.8 Å². The Morgan fingerprint density at radius 2 is 1.89 bits per heavy atom. The third-order valence-electron chi connectivity index (χ3n) is 5.38. The summed E-state index contributed by atoms with van der Waals surface area (Å²) in [5.41, 5.74) is 6.65. The number of primary amides is 1. The van der Waals surface area contributed by atoms with Crippen molar-refractivity contribution >= 4 is 23.0 Å². The Kier molecular flexibility index (Phi) is 6.91. The average Bonchev–Trinajstić information content (AvgIpc) is 3.19. The largest absolute Gasteiger partial charge is 0.494 e. The molecule has 0 bridgehead atoms. The monoisotopic (exact) mass is 474 g/mol. The Balaban J connectivity index is 1.83. The molecule has 0 saturated heterocycles. The van der Waals surface area contributed by atoms with Crippen LogP contribution in [0.5, 0.6) is 5.75 Å². The molecule has 0 fully saturated rings. The van der Waals surface area contributed by atoms with Crippen molar-refractivity contribution in [1.82, 2.24) is 24.8 Å². The number of nitrogens with two attached hydrogens (primary N) is 1. The van der Waals surface area contributed by atoms with Gasteiger partial charge in [-0.3, -0.25) is 9.59 Å². The molecule has 0 saturated carbocycles. The maximum Gasteiger partial charge on any atom is 0.332 e. The van der Waals surface area contributed by atoms with Crippen molar-refractivity contribution in [3.63, 3.8) is 0 Å². The fourth-order valence-corrected chi connectivity index (χ4v) is 3.67. The van der Waals surface area contributed by atoms with E-state index in [0.29, 0.717) is 35.7 Å². The maximum atomic E-state index is 12.9.